The molecule has 0 aliphatic carbocycles. The Morgan fingerprint density at radius 1 is 1.37 bits per heavy atom. The number of carboxylic acid groups (broad SMARTS) is 1. The molecule has 1 aromatic rings. The van der Waals surface area contributed by atoms with Gasteiger partial charge in [-0.2, -0.15) is 11.8 Å². The Morgan fingerprint density at radius 2 is 2.05 bits per heavy atom. The Labute approximate surface area is 116 Å². The Balaban J connectivity index is 2.39. The maximum absolute atomic E-state index is 12.3. The molecule has 6 heteroatoms. The molecule has 0 radical (unpaired) electrons. The Morgan fingerprint density at radius 3 is 2.63 bits per heavy atom. The monoisotopic (exact) mass is 298 g/mol. The Kier molecular flexibility index (Phi) is 3.73. The zero-order valence-corrected chi connectivity index (χ0v) is 12.2. The summed E-state index contributed by atoms with van der Waals surface area (Å²) in [5.74, 6) is -0.708. The predicted octanol–water partition coefficient (Wildman–Crippen LogP) is 2.65. The maximum Gasteiger partial charge on any atom is 0.335 e. The van der Waals surface area contributed by atoms with Gasteiger partial charge >= 0.3 is 5.97 Å². The van der Waals surface area contributed by atoms with Crippen molar-refractivity contribution in [3.63, 3.8) is 0 Å². The van der Waals surface area contributed by atoms with Gasteiger partial charge in [-0.25, -0.2) is 13.2 Å². The molecule has 2 rings (SSSR count). The summed E-state index contributed by atoms with van der Waals surface area (Å²) in [5.41, 5.74) is 0.567. The van der Waals surface area contributed by atoms with E-state index in [9.17, 15) is 13.2 Å². The summed E-state index contributed by atoms with van der Waals surface area (Å²) < 4.78 is 24.6. The van der Waals surface area contributed by atoms with Crippen molar-refractivity contribution in [1.82, 2.24) is 0 Å². The van der Waals surface area contributed by atoms with Gasteiger partial charge in [-0.15, -0.1) is 0 Å². The van der Waals surface area contributed by atoms with E-state index in [4.69, 9.17) is 5.11 Å². The zero-order chi connectivity index (χ0) is 14.2. The second-order valence-corrected chi connectivity index (χ2v) is 8.07. The minimum Gasteiger partial charge on any atom is -0.478 e. The first-order valence-corrected chi connectivity index (χ1v) is 8.30. The highest BCUT2D eigenvalue weighted by atomic mass is 32.2. The second kappa shape index (κ2) is 5.02. The molecule has 0 fully saturated rings. The molecule has 4 nitrogen and oxygen atoms in total. The van der Waals surface area contributed by atoms with Gasteiger partial charge in [0, 0.05) is 5.75 Å². The van der Waals surface area contributed by atoms with Crippen molar-refractivity contribution in [2.45, 2.75) is 24.0 Å². The molecular formula is C13H14O4S2. The first-order chi connectivity index (χ1) is 8.82. The Hall–Kier alpha value is -1.27. The van der Waals surface area contributed by atoms with Crippen LogP contribution in [0.1, 0.15) is 29.8 Å². The lowest BCUT2D eigenvalue weighted by Gasteiger charge is -2.06. The van der Waals surface area contributed by atoms with E-state index >= 15 is 0 Å². The molecule has 0 spiro atoms. The quantitative estimate of drug-likeness (QED) is 0.925. The minimum atomic E-state index is -3.52. The molecule has 1 aliphatic heterocycles. The van der Waals surface area contributed by atoms with E-state index in [0.29, 0.717) is 21.5 Å². The topological polar surface area (TPSA) is 71.4 Å². The molecule has 0 saturated heterocycles. The van der Waals surface area contributed by atoms with Gasteiger partial charge < -0.3 is 5.11 Å². The number of fused-ring (bicyclic) bond motifs is 1. The lowest BCUT2D eigenvalue weighted by atomic mass is 10.1. The molecule has 0 atom stereocenters. The van der Waals surface area contributed by atoms with Gasteiger partial charge in [0.25, 0.3) is 0 Å². The third kappa shape index (κ3) is 2.69. The number of thioether (sulfide) groups is 1. The van der Waals surface area contributed by atoms with E-state index in [-0.39, 0.29) is 10.5 Å². The van der Waals surface area contributed by atoms with E-state index in [2.05, 4.69) is 0 Å². The summed E-state index contributed by atoms with van der Waals surface area (Å²) >= 11 is 1.55. The minimum absolute atomic E-state index is 0.00603. The van der Waals surface area contributed by atoms with E-state index in [0.717, 1.165) is 0 Å². The van der Waals surface area contributed by atoms with Crippen LogP contribution in [0.2, 0.25) is 0 Å². The van der Waals surface area contributed by atoms with E-state index in [1.54, 1.807) is 23.9 Å². The fraction of sp³-hybridized carbons (Fsp3) is 0.308. The average molecular weight is 298 g/mol. The summed E-state index contributed by atoms with van der Waals surface area (Å²) in [7, 11) is -3.52. The molecule has 1 aromatic carbocycles. The number of carboxylic acids is 1. The number of sulfone groups is 1. The number of rotatable bonds is 4. The number of aromatic carboxylic acids is 1. The number of hydrogen-bond acceptors (Lipinski definition) is 4. The maximum atomic E-state index is 12.3. The van der Waals surface area contributed by atoms with Gasteiger partial charge in [-0.05, 0) is 29.0 Å². The van der Waals surface area contributed by atoms with Crippen LogP contribution < -0.4 is 0 Å². The molecule has 102 valence electrons. The molecule has 0 saturated carbocycles. The molecule has 19 heavy (non-hydrogen) atoms. The van der Waals surface area contributed by atoms with Crippen molar-refractivity contribution in [1.29, 1.82) is 0 Å². The van der Waals surface area contributed by atoms with E-state index < -0.39 is 15.8 Å². The second-order valence-electron chi connectivity index (χ2n) is 4.53. The predicted molar refractivity (Wildman–Crippen MR) is 76.2 cm³/mol. The van der Waals surface area contributed by atoms with Crippen molar-refractivity contribution >= 4 is 33.6 Å². The van der Waals surface area contributed by atoms with Crippen molar-refractivity contribution in [2.24, 2.45) is 0 Å². The number of benzene rings is 1. The summed E-state index contributed by atoms with van der Waals surface area (Å²) in [4.78, 5) is 11.3. The highest BCUT2D eigenvalue weighted by Crippen LogP contribution is 2.35. The van der Waals surface area contributed by atoms with Crippen LogP contribution >= 0.6 is 11.8 Å². The fourth-order valence-corrected chi connectivity index (χ4v) is 4.47. The van der Waals surface area contributed by atoms with Gasteiger partial charge in [0.2, 0.25) is 9.84 Å². The van der Waals surface area contributed by atoms with Gasteiger partial charge in [-0.1, -0.05) is 19.9 Å². The summed E-state index contributed by atoms with van der Waals surface area (Å²) in [5, 5.41) is 9.25. The molecule has 0 amide bonds. The molecule has 1 aliphatic rings. The van der Waals surface area contributed by atoms with Crippen LogP contribution in [0, 0.1) is 0 Å². The first kappa shape index (κ1) is 14.1. The summed E-state index contributed by atoms with van der Waals surface area (Å²) in [6, 6.07) is 4.20. The number of carbonyl (C=O) groups is 1. The number of hydrogen-bond donors (Lipinski definition) is 1. The highest BCUT2D eigenvalue weighted by molar-refractivity contribution is 8.02. The van der Waals surface area contributed by atoms with Crippen molar-refractivity contribution < 1.29 is 18.3 Å². The molecule has 1 N–H and O–H groups in total. The first-order valence-electron chi connectivity index (χ1n) is 5.77. The van der Waals surface area contributed by atoms with E-state index in [1.165, 1.54) is 12.1 Å². The van der Waals surface area contributed by atoms with Gasteiger partial charge in [0.1, 0.15) is 0 Å². The SMILES string of the molecule is CC(C)SCC1=Cc2ccc(C(=O)O)cc2S1(=O)=O. The van der Waals surface area contributed by atoms with Crippen molar-refractivity contribution in [3.8, 4) is 0 Å². The average Bonchev–Trinajstić information content (AvgIpc) is 2.58. The normalized spacial score (nSPS) is 16.3. The summed E-state index contributed by atoms with van der Waals surface area (Å²) in [6.07, 6.45) is 1.63. The van der Waals surface area contributed by atoms with Gasteiger partial charge in [0.05, 0.1) is 15.4 Å². The molecule has 0 unspecified atom stereocenters. The van der Waals surface area contributed by atoms with Gasteiger partial charge in [0.15, 0.2) is 0 Å². The van der Waals surface area contributed by atoms with Crippen LogP contribution in [-0.2, 0) is 9.84 Å². The van der Waals surface area contributed by atoms with Crippen LogP contribution in [0.3, 0.4) is 0 Å². The van der Waals surface area contributed by atoms with Gasteiger partial charge in [-0.3, -0.25) is 0 Å². The van der Waals surface area contributed by atoms with Crippen LogP contribution in [0.4, 0.5) is 0 Å². The smallest absolute Gasteiger partial charge is 0.335 e. The van der Waals surface area contributed by atoms with Crippen LogP contribution in [0.15, 0.2) is 28.0 Å². The van der Waals surface area contributed by atoms with Crippen LogP contribution in [-0.4, -0.2) is 30.5 Å². The lowest BCUT2D eigenvalue weighted by Crippen LogP contribution is -2.06. The molecule has 0 bridgehead atoms. The van der Waals surface area contributed by atoms with Crippen molar-refractivity contribution in [3.05, 3.63) is 34.2 Å². The zero-order valence-electron chi connectivity index (χ0n) is 10.6. The Bertz CT molecular complexity index is 657. The van der Waals surface area contributed by atoms with Crippen LogP contribution in [0.5, 0.6) is 0 Å². The molecular weight excluding hydrogens is 284 g/mol. The highest BCUT2D eigenvalue weighted by Gasteiger charge is 2.30. The van der Waals surface area contributed by atoms with Crippen molar-refractivity contribution in [2.75, 3.05) is 5.75 Å². The molecule has 0 aromatic heterocycles. The lowest BCUT2D eigenvalue weighted by molar-refractivity contribution is 0.0696. The fourth-order valence-electron chi connectivity index (χ4n) is 1.78. The van der Waals surface area contributed by atoms with E-state index in [1.807, 2.05) is 13.8 Å². The summed E-state index contributed by atoms with van der Waals surface area (Å²) in [6.45, 7) is 4.00. The third-order valence-electron chi connectivity index (χ3n) is 2.77. The van der Waals surface area contributed by atoms with Crippen LogP contribution in [0.25, 0.3) is 6.08 Å². The largest absolute Gasteiger partial charge is 0.478 e. The standard InChI is InChI=1S/C13H14O4S2/c1-8(2)18-7-11-5-9-3-4-10(13(14)15)6-12(9)19(11,16)17/h3-6,8H,7H2,1-2H3,(H,14,15). The molecule has 1 heterocycles. The third-order valence-corrected chi connectivity index (χ3v) is 5.98.